The number of carbonyl (C=O) groups excluding carboxylic acids is 1. The van der Waals surface area contributed by atoms with Crippen LogP contribution in [0.2, 0.25) is 10.0 Å². The van der Waals surface area contributed by atoms with Crippen LogP contribution in [0, 0.1) is 0 Å². The number of carbonyl (C=O) groups is 1. The van der Waals surface area contributed by atoms with Gasteiger partial charge in [0.15, 0.2) is 0 Å². The number of nitrogens with zero attached hydrogens (tertiary/aromatic N) is 2. The van der Waals surface area contributed by atoms with E-state index in [9.17, 15) is 4.79 Å². The summed E-state index contributed by atoms with van der Waals surface area (Å²) in [5.41, 5.74) is 2.67. The van der Waals surface area contributed by atoms with Gasteiger partial charge in [-0.15, -0.1) is 0 Å². The van der Waals surface area contributed by atoms with Crippen LogP contribution >= 0.6 is 23.2 Å². The molecule has 0 atom stereocenters. The van der Waals surface area contributed by atoms with Gasteiger partial charge in [-0.25, -0.2) is 4.79 Å². The molecule has 0 unspecified atom stereocenters. The van der Waals surface area contributed by atoms with Gasteiger partial charge in [0.2, 0.25) is 0 Å². The standard InChI is InChI=1S/C18H20Cl2N2O2/c1-4-24-18(23)8-7-15-10-17(12(2)3)21-22(15)11-13-5-6-14(19)9-16(13)20/h5-10,12H,4,11H2,1-3H3. The zero-order valence-electron chi connectivity index (χ0n) is 13.9. The summed E-state index contributed by atoms with van der Waals surface area (Å²) in [4.78, 5) is 11.5. The number of hydrogen-bond donors (Lipinski definition) is 0. The van der Waals surface area contributed by atoms with E-state index < -0.39 is 0 Å². The Kier molecular flexibility index (Phi) is 6.46. The number of halogens is 2. The van der Waals surface area contributed by atoms with Crippen LogP contribution in [0.5, 0.6) is 0 Å². The second-order valence-electron chi connectivity index (χ2n) is 5.63. The van der Waals surface area contributed by atoms with Crippen molar-refractivity contribution in [2.75, 3.05) is 6.61 Å². The summed E-state index contributed by atoms with van der Waals surface area (Å²) >= 11 is 12.2. The molecule has 24 heavy (non-hydrogen) atoms. The summed E-state index contributed by atoms with van der Waals surface area (Å²) in [6.07, 6.45) is 3.12. The molecular formula is C18H20Cl2N2O2. The Morgan fingerprint density at radius 3 is 2.71 bits per heavy atom. The Bertz CT molecular complexity index is 751. The monoisotopic (exact) mass is 366 g/mol. The molecule has 1 heterocycles. The first-order chi connectivity index (χ1) is 11.4. The van der Waals surface area contributed by atoms with E-state index in [1.807, 2.05) is 16.8 Å². The molecule has 0 N–H and O–H groups in total. The number of esters is 1. The fourth-order valence-corrected chi connectivity index (χ4v) is 2.62. The van der Waals surface area contributed by atoms with Gasteiger partial charge in [-0.05, 0) is 42.7 Å². The molecule has 4 nitrogen and oxygen atoms in total. The zero-order chi connectivity index (χ0) is 17.7. The van der Waals surface area contributed by atoms with Crippen LogP contribution in [-0.2, 0) is 16.1 Å². The lowest BCUT2D eigenvalue weighted by molar-refractivity contribution is -0.137. The van der Waals surface area contributed by atoms with E-state index in [0.29, 0.717) is 23.2 Å². The van der Waals surface area contributed by atoms with Gasteiger partial charge in [-0.3, -0.25) is 4.68 Å². The third kappa shape index (κ3) is 4.86. The van der Waals surface area contributed by atoms with Gasteiger partial charge in [0.05, 0.1) is 24.5 Å². The van der Waals surface area contributed by atoms with Crippen molar-refractivity contribution in [3.8, 4) is 0 Å². The lowest BCUT2D eigenvalue weighted by Gasteiger charge is -2.08. The summed E-state index contributed by atoms with van der Waals surface area (Å²) < 4.78 is 6.74. The van der Waals surface area contributed by atoms with Crippen molar-refractivity contribution in [2.45, 2.75) is 33.2 Å². The minimum atomic E-state index is -0.374. The second kappa shape index (κ2) is 8.36. The molecule has 1 aromatic heterocycles. The molecular weight excluding hydrogens is 347 g/mol. The molecule has 6 heteroatoms. The van der Waals surface area contributed by atoms with Crippen LogP contribution in [0.4, 0.5) is 0 Å². The number of hydrogen-bond acceptors (Lipinski definition) is 3. The molecule has 2 aromatic rings. The molecule has 0 radical (unpaired) electrons. The third-order valence-corrected chi connectivity index (χ3v) is 4.02. The summed E-state index contributed by atoms with van der Waals surface area (Å²) in [5, 5.41) is 5.79. The van der Waals surface area contributed by atoms with Crippen LogP contribution in [0.25, 0.3) is 6.08 Å². The average molecular weight is 367 g/mol. The van der Waals surface area contributed by atoms with Crippen LogP contribution < -0.4 is 0 Å². The number of ether oxygens (including phenoxy) is 1. The van der Waals surface area contributed by atoms with E-state index in [2.05, 4.69) is 18.9 Å². The summed E-state index contributed by atoms with van der Waals surface area (Å²) in [6, 6.07) is 7.34. The first-order valence-electron chi connectivity index (χ1n) is 7.77. The summed E-state index contributed by atoms with van der Waals surface area (Å²) in [5.74, 6) is -0.0949. The van der Waals surface area contributed by atoms with Crippen LogP contribution in [0.3, 0.4) is 0 Å². The quantitative estimate of drug-likeness (QED) is 0.537. The SMILES string of the molecule is CCOC(=O)C=Cc1cc(C(C)C)nn1Cc1ccc(Cl)cc1Cl. The number of rotatable bonds is 6. The van der Waals surface area contributed by atoms with E-state index in [1.54, 1.807) is 25.1 Å². The first kappa shape index (κ1) is 18.6. The van der Waals surface area contributed by atoms with E-state index in [1.165, 1.54) is 6.08 Å². The van der Waals surface area contributed by atoms with Crippen molar-refractivity contribution >= 4 is 35.2 Å². The fraction of sp³-hybridized carbons (Fsp3) is 0.333. The molecule has 0 aliphatic heterocycles. The Morgan fingerprint density at radius 1 is 1.33 bits per heavy atom. The molecule has 0 amide bonds. The van der Waals surface area contributed by atoms with Gasteiger partial charge in [-0.1, -0.05) is 43.1 Å². The van der Waals surface area contributed by atoms with Gasteiger partial charge in [-0.2, -0.15) is 5.10 Å². The van der Waals surface area contributed by atoms with Gasteiger partial charge in [0.25, 0.3) is 0 Å². The van der Waals surface area contributed by atoms with Crippen molar-refractivity contribution in [1.29, 1.82) is 0 Å². The van der Waals surface area contributed by atoms with E-state index in [-0.39, 0.29) is 11.9 Å². The predicted octanol–water partition coefficient (Wildman–Crippen LogP) is 4.94. The largest absolute Gasteiger partial charge is 0.463 e. The average Bonchev–Trinajstić information content (AvgIpc) is 2.92. The zero-order valence-corrected chi connectivity index (χ0v) is 15.4. The highest BCUT2D eigenvalue weighted by Gasteiger charge is 2.11. The molecule has 0 bridgehead atoms. The smallest absolute Gasteiger partial charge is 0.330 e. The van der Waals surface area contributed by atoms with Crippen molar-refractivity contribution < 1.29 is 9.53 Å². The molecule has 1 aromatic carbocycles. The number of benzene rings is 1. The molecule has 0 aliphatic rings. The highest BCUT2D eigenvalue weighted by atomic mass is 35.5. The van der Waals surface area contributed by atoms with Gasteiger partial charge >= 0.3 is 5.97 Å². The van der Waals surface area contributed by atoms with Crippen LogP contribution in [-0.4, -0.2) is 22.4 Å². The summed E-state index contributed by atoms with van der Waals surface area (Å²) in [6.45, 7) is 6.75. The Labute approximate surface area is 152 Å². The Morgan fingerprint density at radius 2 is 2.08 bits per heavy atom. The molecule has 128 valence electrons. The topological polar surface area (TPSA) is 44.1 Å². The lowest BCUT2D eigenvalue weighted by Crippen LogP contribution is -2.06. The van der Waals surface area contributed by atoms with E-state index >= 15 is 0 Å². The van der Waals surface area contributed by atoms with Gasteiger partial charge in [0.1, 0.15) is 0 Å². The Balaban J connectivity index is 2.31. The molecule has 0 spiro atoms. The second-order valence-corrected chi connectivity index (χ2v) is 6.47. The van der Waals surface area contributed by atoms with Crippen molar-refractivity contribution in [1.82, 2.24) is 9.78 Å². The van der Waals surface area contributed by atoms with E-state index in [4.69, 9.17) is 27.9 Å². The lowest BCUT2D eigenvalue weighted by atomic mass is 10.1. The minimum absolute atomic E-state index is 0.279. The first-order valence-corrected chi connectivity index (χ1v) is 8.52. The molecule has 0 aliphatic carbocycles. The van der Waals surface area contributed by atoms with Gasteiger partial charge in [0, 0.05) is 16.1 Å². The van der Waals surface area contributed by atoms with Crippen molar-refractivity contribution in [3.05, 3.63) is 57.3 Å². The third-order valence-electron chi connectivity index (χ3n) is 3.43. The normalized spacial score (nSPS) is 11.4. The maximum atomic E-state index is 11.5. The molecule has 0 fully saturated rings. The maximum Gasteiger partial charge on any atom is 0.330 e. The molecule has 0 saturated carbocycles. The van der Waals surface area contributed by atoms with Crippen LogP contribution in [0.1, 0.15) is 43.6 Å². The van der Waals surface area contributed by atoms with Crippen molar-refractivity contribution in [3.63, 3.8) is 0 Å². The highest BCUT2D eigenvalue weighted by Crippen LogP contribution is 2.23. The maximum absolute atomic E-state index is 11.5. The van der Waals surface area contributed by atoms with Gasteiger partial charge < -0.3 is 4.74 Å². The predicted molar refractivity (Wildman–Crippen MR) is 97.5 cm³/mol. The minimum Gasteiger partial charge on any atom is -0.463 e. The Hall–Kier alpha value is -1.78. The fourth-order valence-electron chi connectivity index (χ4n) is 2.15. The highest BCUT2D eigenvalue weighted by molar-refractivity contribution is 6.35. The molecule has 2 rings (SSSR count). The number of aromatic nitrogens is 2. The summed E-state index contributed by atoms with van der Waals surface area (Å²) in [7, 11) is 0. The van der Waals surface area contributed by atoms with E-state index in [0.717, 1.165) is 17.0 Å². The van der Waals surface area contributed by atoms with Crippen molar-refractivity contribution in [2.24, 2.45) is 0 Å². The van der Waals surface area contributed by atoms with Crippen LogP contribution in [0.15, 0.2) is 30.3 Å². The molecule has 0 saturated heterocycles.